The summed E-state index contributed by atoms with van der Waals surface area (Å²) in [5.41, 5.74) is 0.553. The molecule has 1 spiro atoms. The van der Waals surface area contributed by atoms with Crippen molar-refractivity contribution in [1.82, 2.24) is 25.5 Å². The number of amides is 1. The summed E-state index contributed by atoms with van der Waals surface area (Å²) >= 11 is 0. The van der Waals surface area contributed by atoms with E-state index < -0.39 is 0 Å². The number of alkyl carbamates (subject to hydrolysis) is 1. The molecule has 2 aromatic rings. The number of rotatable bonds is 2. The van der Waals surface area contributed by atoms with Gasteiger partial charge in [0, 0.05) is 19.5 Å². The first kappa shape index (κ1) is 14.0. The lowest BCUT2D eigenvalue weighted by molar-refractivity contribution is 0.0473. The molecule has 2 aliphatic heterocycles. The van der Waals surface area contributed by atoms with E-state index in [2.05, 4.69) is 25.7 Å². The highest BCUT2D eigenvalue weighted by molar-refractivity contribution is 5.70. The first-order valence-electron chi connectivity index (χ1n) is 7.81. The maximum Gasteiger partial charge on any atom is 0.407 e. The molecule has 0 aliphatic carbocycles. The summed E-state index contributed by atoms with van der Waals surface area (Å²) in [7, 11) is 0. The predicted octanol–water partition coefficient (Wildman–Crippen LogP) is 1.13. The van der Waals surface area contributed by atoms with Gasteiger partial charge in [0.15, 0.2) is 0 Å². The molecule has 1 amide bonds. The fourth-order valence-corrected chi connectivity index (χ4v) is 3.26. The van der Waals surface area contributed by atoms with Crippen molar-refractivity contribution in [3.63, 3.8) is 0 Å². The van der Waals surface area contributed by atoms with E-state index in [9.17, 15) is 4.79 Å². The molecular weight excluding hydrogens is 296 g/mol. The smallest absolute Gasteiger partial charge is 0.407 e. The number of ether oxygens (including phenoxy) is 1. The minimum absolute atomic E-state index is 0.312. The summed E-state index contributed by atoms with van der Waals surface area (Å²) in [6.07, 6.45) is 2.24. The number of para-hydroxylation sites is 1. The average molecular weight is 314 g/mol. The summed E-state index contributed by atoms with van der Waals surface area (Å²) in [5.74, 6) is 0.727. The second-order valence-electron chi connectivity index (χ2n) is 5.99. The third-order valence-electron chi connectivity index (χ3n) is 4.50. The molecular formula is C15H18N6O2. The second-order valence-corrected chi connectivity index (χ2v) is 5.99. The zero-order valence-corrected chi connectivity index (χ0v) is 12.7. The Morgan fingerprint density at radius 2 is 2.04 bits per heavy atom. The molecule has 1 aromatic heterocycles. The van der Waals surface area contributed by atoms with E-state index in [1.165, 1.54) is 0 Å². The van der Waals surface area contributed by atoms with E-state index in [0.717, 1.165) is 44.0 Å². The maximum absolute atomic E-state index is 11.4. The number of nitrogens with zero attached hydrogens (tertiary/aromatic N) is 5. The van der Waals surface area contributed by atoms with E-state index in [1.807, 2.05) is 30.3 Å². The Morgan fingerprint density at radius 3 is 2.83 bits per heavy atom. The van der Waals surface area contributed by atoms with Gasteiger partial charge >= 0.3 is 6.09 Å². The third kappa shape index (κ3) is 2.60. The lowest BCUT2D eigenvalue weighted by Gasteiger charge is -2.25. The van der Waals surface area contributed by atoms with Gasteiger partial charge in [-0.2, -0.15) is 4.68 Å². The van der Waals surface area contributed by atoms with Gasteiger partial charge in [-0.25, -0.2) is 4.79 Å². The SMILES string of the molecule is O=C1NCC2(CCCN(c3nnnn3-c3ccccc3)CC2)O1. The lowest BCUT2D eigenvalue weighted by atomic mass is 9.95. The van der Waals surface area contributed by atoms with Crippen molar-refractivity contribution in [1.29, 1.82) is 0 Å². The van der Waals surface area contributed by atoms with Crippen molar-refractivity contribution >= 4 is 12.0 Å². The van der Waals surface area contributed by atoms with Crippen LogP contribution in [0.2, 0.25) is 0 Å². The van der Waals surface area contributed by atoms with Crippen LogP contribution < -0.4 is 10.2 Å². The third-order valence-corrected chi connectivity index (χ3v) is 4.50. The van der Waals surface area contributed by atoms with E-state index in [4.69, 9.17) is 4.74 Å². The number of tetrazole rings is 1. The molecule has 3 heterocycles. The average Bonchev–Trinajstić information content (AvgIpc) is 3.14. The second kappa shape index (κ2) is 5.53. The number of hydrogen-bond donors (Lipinski definition) is 1. The first-order valence-corrected chi connectivity index (χ1v) is 7.81. The molecule has 0 radical (unpaired) electrons. The Bertz CT molecular complexity index is 703. The van der Waals surface area contributed by atoms with Gasteiger partial charge in [-0.15, -0.1) is 0 Å². The van der Waals surface area contributed by atoms with Gasteiger partial charge in [-0.1, -0.05) is 23.3 Å². The number of carbonyl (C=O) groups is 1. The monoisotopic (exact) mass is 314 g/mol. The fraction of sp³-hybridized carbons (Fsp3) is 0.467. The molecule has 1 atom stereocenters. The molecule has 4 rings (SSSR count). The van der Waals surface area contributed by atoms with Crippen LogP contribution in [0.4, 0.5) is 10.7 Å². The predicted molar refractivity (Wildman–Crippen MR) is 82.4 cm³/mol. The van der Waals surface area contributed by atoms with Crippen molar-refractivity contribution in [2.45, 2.75) is 24.9 Å². The summed E-state index contributed by atoms with van der Waals surface area (Å²) in [6.45, 7) is 2.18. The molecule has 2 aliphatic rings. The Labute approximate surface area is 133 Å². The van der Waals surface area contributed by atoms with Crippen LogP contribution >= 0.6 is 0 Å². The molecule has 8 heteroatoms. The normalized spacial score (nSPS) is 24.3. The Morgan fingerprint density at radius 1 is 1.17 bits per heavy atom. The van der Waals surface area contributed by atoms with Gasteiger partial charge in [-0.3, -0.25) is 0 Å². The van der Waals surface area contributed by atoms with Crippen molar-refractivity contribution in [2.75, 3.05) is 24.5 Å². The van der Waals surface area contributed by atoms with Gasteiger partial charge in [-0.05, 0) is 35.4 Å². The van der Waals surface area contributed by atoms with E-state index in [0.29, 0.717) is 6.54 Å². The first-order chi connectivity index (χ1) is 11.3. The Hall–Kier alpha value is -2.64. The minimum Gasteiger partial charge on any atom is -0.441 e. The number of anilines is 1. The van der Waals surface area contributed by atoms with E-state index >= 15 is 0 Å². The van der Waals surface area contributed by atoms with Gasteiger partial charge in [0.1, 0.15) is 5.60 Å². The molecule has 1 N–H and O–H groups in total. The van der Waals surface area contributed by atoms with Gasteiger partial charge < -0.3 is 15.0 Å². The summed E-state index contributed by atoms with van der Waals surface area (Å²) in [6, 6.07) is 9.83. The van der Waals surface area contributed by atoms with Gasteiger partial charge in [0.2, 0.25) is 5.95 Å². The molecule has 2 saturated heterocycles. The molecule has 1 unspecified atom stereocenters. The standard InChI is InChI=1S/C15H18N6O2/c22-14-16-11-15(23-14)7-4-9-20(10-8-15)13-17-18-19-21(13)12-5-2-1-3-6-12/h1-3,5-6H,4,7-11H2,(H,16,22). The van der Waals surface area contributed by atoms with Crippen LogP contribution in [0.3, 0.4) is 0 Å². The van der Waals surface area contributed by atoms with E-state index in [-0.39, 0.29) is 11.7 Å². The summed E-state index contributed by atoms with van der Waals surface area (Å²) in [4.78, 5) is 13.6. The molecule has 2 fully saturated rings. The van der Waals surface area contributed by atoms with Crippen molar-refractivity contribution in [3.05, 3.63) is 30.3 Å². The number of benzene rings is 1. The van der Waals surface area contributed by atoms with Crippen molar-refractivity contribution < 1.29 is 9.53 Å². The highest BCUT2D eigenvalue weighted by Crippen LogP contribution is 2.30. The number of hydrogen-bond acceptors (Lipinski definition) is 6. The lowest BCUT2D eigenvalue weighted by Crippen LogP contribution is -2.35. The maximum atomic E-state index is 11.4. The Kier molecular flexibility index (Phi) is 3.36. The van der Waals surface area contributed by atoms with Crippen LogP contribution in [0.15, 0.2) is 30.3 Å². The van der Waals surface area contributed by atoms with Crippen LogP contribution in [-0.2, 0) is 4.74 Å². The van der Waals surface area contributed by atoms with Crippen molar-refractivity contribution in [3.8, 4) is 5.69 Å². The quantitative estimate of drug-likeness (QED) is 0.894. The zero-order chi connectivity index (χ0) is 15.7. The van der Waals surface area contributed by atoms with Gasteiger partial charge in [0.25, 0.3) is 0 Å². The summed E-state index contributed by atoms with van der Waals surface area (Å²) < 4.78 is 7.26. The molecule has 1 aromatic carbocycles. The van der Waals surface area contributed by atoms with Crippen LogP contribution in [0.1, 0.15) is 19.3 Å². The number of nitrogens with one attached hydrogen (secondary N) is 1. The van der Waals surface area contributed by atoms with Crippen LogP contribution in [0.5, 0.6) is 0 Å². The largest absolute Gasteiger partial charge is 0.441 e. The number of aromatic nitrogens is 4. The molecule has 120 valence electrons. The molecule has 0 bridgehead atoms. The van der Waals surface area contributed by atoms with Crippen LogP contribution in [-0.4, -0.2) is 51.5 Å². The zero-order valence-electron chi connectivity index (χ0n) is 12.7. The molecule has 0 saturated carbocycles. The minimum atomic E-state index is -0.378. The van der Waals surface area contributed by atoms with E-state index in [1.54, 1.807) is 4.68 Å². The fourth-order valence-electron chi connectivity index (χ4n) is 3.26. The topological polar surface area (TPSA) is 85.2 Å². The van der Waals surface area contributed by atoms with Crippen molar-refractivity contribution in [2.24, 2.45) is 0 Å². The highest BCUT2D eigenvalue weighted by Gasteiger charge is 2.41. The van der Waals surface area contributed by atoms with Gasteiger partial charge in [0.05, 0.1) is 12.2 Å². The van der Waals surface area contributed by atoms with Crippen LogP contribution in [0, 0.1) is 0 Å². The molecule has 23 heavy (non-hydrogen) atoms. The molecule has 8 nitrogen and oxygen atoms in total. The van der Waals surface area contributed by atoms with Crippen LogP contribution in [0.25, 0.3) is 5.69 Å². The summed E-state index contributed by atoms with van der Waals surface area (Å²) in [5, 5.41) is 14.9. The Balaban J connectivity index is 1.56. The number of carbonyl (C=O) groups excluding carboxylic acids is 1. The highest BCUT2D eigenvalue weighted by atomic mass is 16.6.